The standard InChI is InChI=1S/C16H15BrFNO2/c1-10-3-6-13(18)9-15(10)19-16(20)11(2)21-14-7-4-12(17)5-8-14/h3-9,11H,1-2H3,(H,19,20)/t11-/m0/s1. The number of ether oxygens (including phenoxy) is 1. The molecule has 0 saturated heterocycles. The van der Waals surface area contributed by atoms with Crippen LogP contribution in [0.3, 0.4) is 0 Å². The van der Waals surface area contributed by atoms with Gasteiger partial charge in [0.1, 0.15) is 11.6 Å². The molecule has 3 nitrogen and oxygen atoms in total. The Bertz CT molecular complexity index is 643. The van der Waals surface area contributed by atoms with E-state index in [1.54, 1.807) is 32.0 Å². The predicted octanol–water partition coefficient (Wildman–Crippen LogP) is 4.30. The zero-order valence-corrected chi connectivity index (χ0v) is 13.3. The lowest BCUT2D eigenvalue weighted by Crippen LogP contribution is -2.30. The highest BCUT2D eigenvalue weighted by Crippen LogP contribution is 2.19. The minimum absolute atomic E-state index is 0.327. The number of carbonyl (C=O) groups excluding carboxylic acids is 1. The molecule has 0 fully saturated rings. The Hall–Kier alpha value is -1.88. The summed E-state index contributed by atoms with van der Waals surface area (Å²) in [4.78, 5) is 12.1. The molecule has 1 amide bonds. The van der Waals surface area contributed by atoms with E-state index in [9.17, 15) is 9.18 Å². The first-order valence-corrected chi connectivity index (χ1v) is 7.24. The molecule has 0 unspecified atom stereocenters. The monoisotopic (exact) mass is 351 g/mol. The van der Waals surface area contributed by atoms with Gasteiger partial charge in [-0.2, -0.15) is 0 Å². The van der Waals surface area contributed by atoms with Gasteiger partial charge in [0.2, 0.25) is 0 Å². The van der Waals surface area contributed by atoms with Crippen molar-refractivity contribution in [2.24, 2.45) is 0 Å². The van der Waals surface area contributed by atoms with E-state index in [1.165, 1.54) is 12.1 Å². The first-order valence-electron chi connectivity index (χ1n) is 6.45. The number of amides is 1. The second kappa shape index (κ2) is 6.72. The highest BCUT2D eigenvalue weighted by molar-refractivity contribution is 9.10. The molecular weight excluding hydrogens is 337 g/mol. The van der Waals surface area contributed by atoms with Crippen molar-refractivity contribution in [2.45, 2.75) is 20.0 Å². The lowest BCUT2D eigenvalue weighted by molar-refractivity contribution is -0.122. The van der Waals surface area contributed by atoms with Gasteiger partial charge in [-0.3, -0.25) is 4.79 Å². The minimum Gasteiger partial charge on any atom is -0.481 e. The van der Waals surface area contributed by atoms with Gasteiger partial charge in [-0.25, -0.2) is 4.39 Å². The van der Waals surface area contributed by atoms with Crippen molar-refractivity contribution < 1.29 is 13.9 Å². The highest BCUT2D eigenvalue weighted by Gasteiger charge is 2.16. The fraction of sp³-hybridized carbons (Fsp3) is 0.188. The molecule has 0 radical (unpaired) electrons. The Morgan fingerprint density at radius 2 is 1.90 bits per heavy atom. The van der Waals surface area contributed by atoms with Crippen LogP contribution in [0.25, 0.3) is 0 Å². The van der Waals surface area contributed by atoms with Crippen LogP contribution in [0.15, 0.2) is 46.9 Å². The average molecular weight is 352 g/mol. The van der Waals surface area contributed by atoms with Crippen LogP contribution in [0.1, 0.15) is 12.5 Å². The van der Waals surface area contributed by atoms with Crippen molar-refractivity contribution in [2.75, 3.05) is 5.32 Å². The lowest BCUT2D eigenvalue weighted by atomic mass is 10.2. The quantitative estimate of drug-likeness (QED) is 0.891. The smallest absolute Gasteiger partial charge is 0.265 e. The fourth-order valence-corrected chi connectivity index (χ4v) is 2.00. The molecule has 0 heterocycles. The van der Waals surface area contributed by atoms with Gasteiger partial charge in [0.25, 0.3) is 5.91 Å². The van der Waals surface area contributed by atoms with E-state index in [2.05, 4.69) is 21.2 Å². The van der Waals surface area contributed by atoms with E-state index in [4.69, 9.17) is 4.74 Å². The maximum atomic E-state index is 13.2. The van der Waals surface area contributed by atoms with Gasteiger partial charge in [0.15, 0.2) is 6.10 Å². The summed E-state index contributed by atoms with van der Waals surface area (Å²) in [7, 11) is 0. The first kappa shape index (κ1) is 15.5. The summed E-state index contributed by atoms with van der Waals surface area (Å²) in [5, 5.41) is 2.67. The Kier molecular flexibility index (Phi) is 4.96. The van der Waals surface area contributed by atoms with Crippen molar-refractivity contribution in [3.05, 3.63) is 58.3 Å². The van der Waals surface area contributed by atoms with Gasteiger partial charge in [0, 0.05) is 10.2 Å². The second-order valence-corrected chi connectivity index (χ2v) is 5.58. The molecule has 1 atom stereocenters. The van der Waals surface area contributed by atoms with E-state index in [-0.39, 0.29) is 5.91 Å². The van der Waals surface area contributed by atoms with Crippen molar-refractivity contribution >= 4 is 27.5 Å². The predicted molar refractivity (Wildman–Crippen MR) is 84.0 cm³/mol. The zero-order chi connectivity index (χ0) is 15.4. The summed E-state index contributed by atoms with van der Waals surface area (Å²) in [5.74, 6) is -0.124. The van der Waals surface area contributed by atoms with Gasteiger partial charge >= 0.3 is 0 Å². The summed E-state index contributed by atoms with van der Waals surface area (Å²) < 4.78 is 19.7. The van der Waals surface area contributed by atoms with Crippen molar-refractivity contribution in [3.63, 3.8) is 0 Å². The third-order valence-electron chi connectivity index (χ3n) is 2.95. The lowest BCUT2D eigenvalue weighted by Gasteiger charge is -2.15. The molecule has 0 saturated carbocycles. The van der Waals surface area contributed by atoms with Crippen molar-refractivity contribution in [1.82, 2.24) is 0 Å². The molecule has 0 aliphatic heterocycles. The largest absolute Gasteiger partial charge is 0.481 e. The van der Waals surface area contributed by atoms with Crippen LogP contribution in [0.2, 0.25) is 0 Å². The Labute approximate surface area is 131 Å². The minimum atomic E-state index is -0.686. The van der Waals surface area contributed by atoms with Crippen molar-refractivity contribution in [3.8, 4) is 5.75 Å². The summed E-state index contributed by atoms with van der Waals surface area (Å²) in [6.45, 7) is 3.45. The normalized spacial score (nSPS) is 11.8. The number of rotatable bonds is 4. The van der Waals surface area contributed by atoms with Crippen molar-refractivity contribution in [1.29, 1.82) is 0 Å². The fourth-order valence-electron chi connectivity index (χ4n) is 1.73. The van der Waals surface area contributed by atoms with Gasteiger partial charge in [0.05, 0.1) is 0 Å². The molecule has 5 heteroatoms. The summed E-state index contributed by atoms with van der Waals surface area (Å²) in [6, 6.07) is 11.5. The molecule has 0 aliphatic carbocycles. The van der Waals surface area contributed by atoms with E-state index in [1.807, 2.05) is 12.1 Å². The van der Waals surface area contributed by atoms with E-state index < -0.39 is 11.9 Å². The SMILES string of the molecule is Cc1ccc(F)cc1NC(=O)[C@H](C)Oc1ccc(Br)cc1. The third kappa shape index (κ3) is 4.29. The molecule has 0 aromatic heterocycles. The summed E-state index contributed by atoms with van der Waals surface area (Å²) >= 11 is 3.33. The van der Waals surface area contributed by atoms with Gasteiger partial charge < -0.3 is 10.1 Å². The summed E-state index contributed by atoms with van der Waals surface area (Å²) in [5.41, 5.74) is 1.24. The second-order valence-electron chi connectivity index (χ2n) is 4.66. The number of nitrogens with one attached hydrogen (secondary N) is 1. The topological polar surface area (TPSA) is 38.3 Å². The number of halogens is 2. The van der Waals surface area contributed by atoms with Gasteiger partial charge in [-0.15, -0.1) is 0 Å². The molecule has 21 heavy (non-hydrogen) atoms. The van der Waals surface area contributed by atoms with Crippen LogP contribution in [0, 0.1) is 12.7 Å². The van der Waals surface area contributed by atoms with Crippen LogP contribution in [0.4, 0.5) is 10.1 Å². The number of aryl methyl sites for hydroxylation is 1. The van der Waals surface area contributed by atoms with Crippen LogP contribution < -0.4 is 10.1 Å². The van der Waals surface area contributed by atoms with E-state index >= 15 is 0 Å². The maximum absolute atomic E-state index is 13.2. The number of hydrogen-bond donors (Lipinski definition) is 1. The molecular formula is C16H15BrFNO2. The van der Waals surface area contributed by atoms with Crippen LogP contribution in [-0.4, -0.2) is 12.0 Å². The maximum Gasteiger partial charge on any atom is 0.265 e. The molecule has 0 spiro atoms. The molecule has 110 valence electrons. The number of hydrogen-bond acceptors (Lipinski definition) is 2. The van der Waals surface area contributed by atoms with E-state index in [0.29, 0.717) is 11.4 Å². The van der Waals surface area contributed by atoms with Crippen LogP contribution in [0.5, 0.6) is 5.75 Å². The Balaban J connectivity index is 2.02. The van der Waals surface area contributed by atoms with Crippen LogP contribution in [-0.2, 0) is 4.79 Å². The third-order valence-corrected chi connectivity index (χ3v) is 3.48. The molecule has 0 bridgehead atoms. The van der Waals surface area contributed by atoms with Gasteiger partial charge in [-0.1, -0.05) is 22.0 Å². The Morgan fingerprint density at radius 3 is 2.57 bits per heavy atom. The highest BCUT2D eigenvalue weighted by atomic mass is 79.9. The number of carbonyl (C=O) groups is 1. The molecule has 2 rings (SSSR count). The number of anilines is 1. The summed E-state index contributed by atoms with van der Waals surface area (Å²) in [6.07, 6.45) is -0.686. The molecule has 1 N–H and O–H groups in total. The zero-order valence-electron chi connectivity index (χ0n) is 11.7. The molecule has 2 aromatic carbocycles. The first-order chi connectivity index (χ1) is 9.95. The Morgan fingerprint density at radius 1 is 1.24 bits per heavy atom. The van der Waals surface area contributed by atoms with Crippen LogP contribution >= 0.6 is 15.9 Å². The number of benzene rings is 2. The average Bonchev–Trinajstić information content (AvgIpc) is 2.45. The van der Waals surface area contributed by atoms with Gasteiger partial charge in [-0.05, 0) is 55.8 Å². The molecule has 2 aromatic rings. The van der Waals surface area contributed by atoms with E-state index in [0.717, 1.165) is 10.0 Å². The molecule has 0 aliphatic rings.